The molecule has 0 bridgehead atoms. The van der Waals surface area contributed by atoms with Crippen molar-refractivity contribution in [3.63, 3.8) is 0 Å². The van der Waals surface area contributed by atoms with Crippen molar-refractivity contribution in [2.45, 2.75) is 5.88 Å². The number of fused-ring (bicyclic) bond motifs is 1. The number of hydrogen-bond donors (Lipinski definition) is 0. The first-order valence-corrected chi connectivity index (χ1v) is 7.87. The van der Waals surface area contributed by atoms with Crippen LogP contribution in [0.3, 0.4) is 0 Å². The molecule has 0 unspecified atom stereocenters. The predicted molar refractivity (Wildman–Crippen MR) is 88.3 cm³/mol. The summed E-state index contributed by atoms with van der Waals surface area (Å²) in [5.41, 5.74) is 2.69. The molecule has 0 aliphatic rings. The number of hydrogen-bond acceptors (Lipinski definition) is 1. The third kappa shape index (κ3) is 2.44. The SMILES string of the molecule is ClCc1nc2ccc(Cl)cc2n1-c1ccc(Cl)cc1Br. The smallest absolute Gasteiger partial charge is 0.129 e. The molecule has 0 fully saturated rings. The van der Waals surface area contributed by atoms with Gasteiger partial charge in [0.15, 0.2) is 0 Å². The van der Waals surface area contributed by atoms with E-state index in [4.69, 9.17) is 34.8 Å². The molecule has 3 aromatic rings. The van der Waals surface area contributed by atoms with Gasteiger partial charge in [0, 0.05) is 14.5 Å². The van der Waals surface area contributed by atoms with Crippen LogP contribution >= 0.6 is 50.7 Å². The Morgan fingerprint density at radius 1 is 1.05 bits per heavy atom. The lowest BCUT2D eigenvalue weighted by Crippen LogP contribution is -2.00. The van der Waals surface area contributed by atoms with Crippen LogP contribution < -0.4 is 0 Å². The Hall–Kier alpha value is -0.740. The molecule has 2 nitrogen and oxygen atoms in total. The molecule has 102 valence electrons. The lowest BCUT2D eigenvalue weighted by Gasteiger charge is -2.10. The normalized spacial score (nSPS) is 11.2. The average molecular weight is 390 g/mol. The van der Waals surface area contributed by atoms with Crippen LogP contribution in [0.1, 0.15) is 5.82 Å². The van der Waals surface area contributed by atoms with E-state index >= 15 is 0 Å². The molecule has 1 heterocycles. The summed E-state index contributed by atoms with van der Waals surface area (Å²) in [5.74, 6) is 1.06. The third-order valence-corrected chi connectivity index (χ3v) is 4.30. The maximum Gasteiger partial charge on any atom is 0.129 e. The Balaban J connectivity index is 2.36. The van der Waals surface area contributed by atoms with Crippen molar-refractivity contribution in [2.75, 3.05) is 0 Å². The number of benzene rings is 2. The average Bonchev–Trinajstić information content (AvgIpc) is 2.76. The molecule has 0 atom stereocenters. The lowest BCUT2D eigenvalue weighted by molar-refractivity contribution is 0.977. The molecule has 0 aliphatic heterocycles. The van der Waals surface area contributed by atoms with E-state index in [9.17, 15) is 0 Å². The summed E-state index contributed by atoms with van der Waals surface area (Å²) in [6, 6.07) is 11.2. The summed E-state index contributed by atoms with van der Waals surface area (Å²) in [7, 11) is 0. The van der Waals surface area contributed by atoms with E-state index in [0.29, 0.717) is 15.9 Å². The molecular formula is C14H8BrCl3N2. The summed E-state index contributed by atoms with van der Waals surface area (Å²) in [6.45, 7) is 0. The number of rotatable bonds is 2. The molecule has 0 saturated heterocycles. The summed E-state index contributed by atoms with van der Waals surface area (Å²) in [5, 5.41) is 1.32. The van der Waals surface area contributed by atoms with Gasteiger partial charge in [-0.25, -0.2) is 4.98 Å². The Morgan fingerprint density at radius 3 is 2.45 bits per heavy atom. The number of nitrogens with zero attached hydrogens (tertiary/aromatic N) is 2. The van der Waals surface area contributed by atoms with E-state index in [1.807, 2.05) is 41.0 Å². The molecule has 20 heavy (non-hydrogen) atoms. The minimum absolute atomic E-state index is 0.307. The second kappa shape index (κ2) is 5.57. The summed E-state index contributed by atoms with van der Waals surface area (Å²) in [6.07, 6.45) is 0. The molecule has 1 aromatic heterocycles. The van der Waals surface area contributed by atoms with E-state index in [1.54, 1.807) is 0 Å². The number of imidazole rings is 1. The van der Waals surface area contributed by atoms with Crippen molar-refractivity contribution in [2.24, 2.45) is 0 Å². The van der Waals surface area contributed by atoms with Crippen LogP contribution in [0.5, 0.6) is 0 Å². The van der Waals surface area contributed by atoms with Gasteiger partial charge in [-0.2, -0.15) is 0 Å². The summed E-state index contributed by atoms with van der Waals surface area (Å²) in [4.78, 5) is 4.53. The predicted octanol–water partition coefficient (Wildman–Crippen LogP) is 5.83. The summed E-state index contributed by atoms with van der Waals surface area (Å²) < 4.78 is 2.85. The maximum atomic E-state index is 6.09. The van der Waals surface area contributed by atoms with Gasteiger partial charge in [0.2, 0.25) is 0 Å². The van der Waals surface area contributed by atoms with Crippen molar-refractivity contribution in [1.82, 2.24) is 9.55 Å². The molecule has 0 N–H and O–H groups in total. The number of alkyl halides is 1. The molecule has 0 amide bonds. The highest BCUT2D eigenvalue weighted by atomic mass is 79.9. The minimum Gasteiger partial charge on any atom is -0.294 e. The molecular weight excluding hydrogens is 382 g/mol. The van der Waals surface area contributed by atoms with Crippen molar-refractivity contribution < 1.29 is 0 Å². The first-order chi connectivity index (χ1) is 9.60. The molecule has 0 saturated carbocycles. The topological polar surface area (TPSA) is 17.8 Å². The van der Waals surface area contributed by atoms with Gasteiger partial charge in [0.25, 0.3) is 0 Å². The van der Waals surface area contributed by atoms with E-state index in [0.717, 1.165) is 27.0 Å². The Labute approximate surface area is 139 Å². The Morgan fingerprint density at radius 2 is 1.75 bits per heavy atom. The van der Waals surface area contributed by atoms with E-state index < -0.39 is 0 Å². The van der Waals surface area contributed by atoms with E-state index in [-0.39, 0.29) is 0 Å². The lowest BCUT2D eigenvalue weighted by atomic mass is 10.2. The van der Waals surface area contributed by atoms with Crippen LogP contribution in [-0.4, -0.2) is 9.55 Å². The Bertz CT molecular complexity index is 798. The second-order valence-corrected chi connectivity index (χ2v) is 6.22. The molecule has 0 spiro atoms. The zero-order chi connectivity index (χ0) is 14.3. The van der Waals surface area contributed by atoms with Crippen LogP contribution in [0.4, 0.5) is 0 Å². The maximum absolute atomic E-state index is 6.09. The van der Waals surface area contributed by atoms with Gasteiger partial charge < -0.3 is 0 Å². The third-order valence-electron chi connectivity index (χ3n) is 2.96. The van der Waals surface area contributed by atoms with E-state index in [2.05, 4.69) is 20.9 Å². The van der Waals surface area contributed by atoms with Crippen LogP contribution in [-0.2, 0) is 5.88 Å². The quantitative estimate of drug-likeness (QED) is 0.503. The summed E-state index contributed by atoms with van der Waals surface area (Å²) >= 11 is 21.6. The van der Waals surface area contributed by atoms with Gasteiger partial charge in [0.05, 0.1) is 22.6 Å². The fourth-order valence-corrected chi connectivity index (χ4v) is 3.33. The first kappa shape index (κ1) is 14.2. The highest BCUT2D eigenvalue weighted by Crippen LogP contribution is 2.31. The zero-order valence-corrected chi connectivity index (χ0v) is 13.9. The van der Waals surface area contributed by atoms with Crippen LogP contribution in [0.2, 0.25) is 10.0 Å². The van der Waals surface area contributed by atoms with Crippen molar-refractivity contribution in [3.05, 3.63) is 56.7 Å². The van der Waals surface area contributed by atoms with E-state index in [1.165, 1.54) is 0 Å². The molecule has 3 rings (SSSR count). The molecule has 6 heteroatoms. The highest BCUT2D eigenvalue weighted by molar-refractivity contribution is 9.10. The van der Waals surface area contributed by atoms with Gasteiger partial charge in [-0.3, -0.25) is 4.57 Å². The van der Waals surface area contributed by atoms with Gasteiger partial charge in [0.1, 0.15) is 5.82 Å². The van der Waals surface area contributed by atoms with Gasteiger partial charge in [-0.05, 0) is 52.3 Å². The zero-order valence-electron chi connectivity index (χ0n) is 10.1. The fourth-order valence-electron chi connectivity index (χ4n) is 2.12. The molecule has 0 aliphatic carbocycles. The van der Waals surface area contributed by atoms with Crippen molar-refractivity contribution in [3.8, 4) is 5.69 Å². The van der Waals surface area contributed by atoms with Crippen LogP contribution in [0.25, 0.3) is 16.7 Å². The highest BCUT2D eigenvalue weighted by Gasteiger charge is 2.14. The van der Waals surface area contributed by atoms with Crippen LogP contribution in [0, 0.1) is 0 Å². The number of aromatic nitrogens is 2. The minimum atomic E-state index is 0.307. The standard InChI is InChI=1S/C14H8BrCl3N2/c15-10-5-8(17)2-4-12(10)20-13-6-9(18)1-3-11(13)19-14(20)7-16/h1-6H,7H2. The fraction of sp³-hybridized carbons (Fsp3) is 0.0714. The molecule has 2 aromatic carbocycles. The molecule has 0 radical (unpaired) electrons. The largest absolute Gasteiger partial charge is 0.294 e. The monoisotopic (exact) mass is 388 g/mol. The number of halogens is 4. The van der Waals surface area contributed by atoms with Crippen molar-refractivity contribution >= 4 is 61.8 Å². The van der Waals surface area contributed by atoms with Crippen LogP contribution in [0.15, 0.2) is 40.9 Å². The Kier molecular flexibility index (Phi) is 3.95. The second-order valence-electron chi connectivity index (χ2n) is 4.23. The van der Waals surface area contributed by atoms with Gasteiger partial charge in [-0.1, -0.05) is 23.2 Å². The van der Waals surface area contributed by atoms with Gasteiger partial charge >= 0.3 is 0 Å². The van der Waals surface area contributed by atoms with Gasteiger partial charge in [-0.15, -0.1) is 11.6 Å². The van der Waals surface area contributed by atoms with Crippen molar-refractivity contribution in [1.29, 1.82) is 0 Å². The first-order valence-electron chi connectivity index (χ1n) is 5.78.